The summed E-state index contributed by atoms with van der Waals surface area (Å²) in [4.78, 5) is 23.6. The van der Waals surface area contributed by atoms with Gasteiger partial charge in [0, 0.05) is 31.2 Å². The van der Waals surface area contributed by atoms with Crippen molar-refractivity contribution in [1.82, 2.24) is 19.7 Å². The summed E-state index contributed by atoms with van der Waals surface area (Å²) in [5.41, 5.74) is 1.09. The van der Waals surface area contributed by atoms with E-state index in [9.17, 15) is 14.3 Å². The predicted octanol–water partition coefficient (Wildman–Crippen LogP) is 3.53. The van der Waals surface area contributed by atoms with Gasteiger partial charge in [0.1, 0.15) is 22.8 Å². The number of aliphatic hydroxyl groups is 1. The molecule has 3 heterocycles. The molecule has 1 fully saturated rings. The Morgan fingerprint density at radius 2 is 2.11 bits per heavy atom. The summed E-state index contributed by atoms with van der Waals surface area (Å²) >= 11 is 0. The van der Waals surface area contributed by atoms with Crippen LogP contribution in [0.5, 0.6) is 5.75 Å². The first-order valence-electron chi connectivity index (χ1n) is 11.4. The van der Waals surface area contributed by atoms with Gasteiger partial charge in [0.2, 0.25) is 0 Å². The summed E-state index contributed by atoms with van der Waals surface area (Å²) < 4.78 is 36.3. The lowest BCUT2D eigenvalue weighted by Gasteiger charge is -2.28. The predicted molar refractivity (Wildman–Crippen MR) is 130 cm³/mol. The standard InChI is InChI=1S/C25H24F2N6O3/c1-32-22-15(12-29-32)23(33-10-4-5-14(33)13-34)19(11-17(22)27)31-25(35)18-8-9-28-24(30-18)21-16(26)6-3-7-20(21)36-2/h3,6-9,11-12,14,34H,4-5,10,13H2,1-2H3,(H,31,35)/t14-/m0/s1. The van der Waals surface area contributed by atoms with Gasteiger partial charge in [-0.05, 0) is 31.0 Å². The summed E-state index contributed by atoms with van der Waals surface area (Å²) in [6, 6.07) is 6.77. The zero-order valence-electron chi connectivity index (χ0n) is 19.7. The fourth-order valence-corrected chi connectivity index (χ4v) is 4.71. The molecule has 4 aromatic rings. The van der Waals surface area contributed by atoms with Crippen LogP contribution in [-0.2, 0) is 7.05 Å². The Bertz CT molecular complexity index is 1460. The molecule has 0 saturated carbocycles. The first-order valence-corrected chi connectivity index (χ1v) is 11.4. The molecule has 186 valence electrons. The Hall–Kier alpha value is -4.12. The second kappa shape index (κ2) is 9.50. The molecule has 36 heavy (non-hydrogen) atoms. The van der Waals surface area contributed by atoms with E-state index in [1.165, 1.54) is 42.3 Å². The van der Waals surface area contributed by atoms with Gasteiger partial charge < -0.3 is 20.1 Å². The number of aromatic nitrogens is 4. The van der Waals surface area contributed by atoms with Gasteiger partial charge in [-0.25, -0.2) is 18.7 Å². The van der Waals surface area contributed by atoms with Crippen molar-refractivity contribution in [1.29, 1.82) is 0 Å². The maximum atomic E-state index is 15.1. The minimum atomic E-state index is -0.627. The van der Waals surface area contributed by atoms with Gasteiger partial charge in [0.05, 0.1) is 42.9 Å². The van der Waals surface area contributed by atoms with Crippen LogP contribution in [0.1, 0.15) is 23.3 Å². The van der Waals surface area contributed by atoms with Gasteiger partial charge in [0.15, 0.2) is 11.6 Å². The molecule has 0 unspecified atom stereocenters. The van der Waals surface area contributed by atoms with Crippen molar-refractivity contribution in [2.45, 2.75) is 18.9 Å². The summed E-state index contributed by atoms with van der Waals surface area (Å²) in [7, 11) is 3.04. The fourth-order valence-electron chi connectivity index (χ4n) is 4.71. The lowest BCUT2D eigenvalue weighted by Crippen LogP contribution is -2.33. The molecule has 0 aliphatic carbocycles. The molecule has 1 aliphatic rings. The number of hydrogen-bond donors (Lipinski definition) is 2. The Morgan fingerprint density at radius 1 is 1.28 bits per heavy atom. The van der Waals surface area contributed by atoms with Gasteiger partial charge >= 0.3 is 0 Å². The van der Waals surface area contributed by atoms with E-state index in [0.717, 1.165) is 12.8 Å². The van der Waals surface area contributed by atoms with Crippen molar-refractivity contribution < 1.29 is 23.4 Å². The van der Waals surface area contributed by atoms with Gasteiger partial charge in [-0.2, -0.15) is 5.10 Å². The SMILES string of the molecule is COc1cccc(F)c1-c1nccc(C(=O)Nc2cc(F)c3c(cnn3C)c2N2CCC[C@H]2CO)n1. The molecule has 0 radical (unpaired) electrons. The van der Waals surface area contributed by atoms with Crippen LogP contribution in [-0.4, -0.2) is 57.1 Å². The minimum Gasteiger partial charge on any atom is -0.496 e. The zero-order chi connectivity index (χ0) is 25.4. The van der Waals surface area contributed by atoms with E-state index in [1.54, 1.807) is 19.3 Å². The Balaban J connectivity index is 1.56. The number of methoxy groups -OCH3 is 1. The van der Waals surface area contributed by atoms with Crippen LogP contribution >= 0.6 is 0 Å². The number of anilines is 2. The number of amides is 1. The van der Waals surface area contributed by atoms with Crippen molar-refractivity contribution >= 4 is 28.2 Å². The van der Waals surface area contributed by atoms with Crippen molar-refractivity contribution in [3.05, 3.63) is 60.1 Å². The quantitative estimate of drug-likeness (QED) is 0.423. The Morgan fingerprint density at radius 3 is 2.89 bits per heavy atom. The van der Waals surface area contributed by atoms with Crippen LogP contribution < -0.4 is 15.0 Å². The van der Waals surface area contributed by atoms with Gasteiger partial charge in [-0.15, -0.1) is 0 Å². The number of rotatable bonds is 6. The van der Waals surface area contributed by atoms with Crippen molar-refractivity contribution in [3.63, 3.8) is 0 Å². The normalized spacial score (nSPS) is 15.5. The monoisotopic (exact) mass is 494 g/mol. The molecule has 1 aliphatic heterocycles. The minimum absolute atomic E-state index is 0.0217. The van der Waals surface area contributed by atoms with E-state index < -0.39 is 17.5 Å². The largest absolute Gasteiger partial charge is 0.496 e. The van der Waals surface area contributed by atoms with E-state index in [1.807, 2.05) is 4.90 Å². The van der Waals surface area contributed by atoms with Crippen LogP contribution in [0.3, 0.4) is 0 Å². The van der Waals surface area contributed by atoms with E-state index in [4.69, 9.17) is 4.74 Å². The van der Waals surface area contributed by atoms with E-state index in [-0.39, 0.29) is 41.2 Å². The molecule has 5 rings (SSSR count). The molecule has 0 bridgehead atoms. The highest BCUT2D eigenvalue weighted by Crippen LogP contribution is 2.40. The molecule has 0 spiro atoms. The van der Waals surface area contributed by atoms with Crippen LogP contribution in [0.25, 0.3) is 22.3 Å². The second-order valence-corrected chi connectivity index (χ2v) is 8.49. The van der Waals surface area contributed by atoms with Crippen LogP contribution in [0.15, 0.2) is 42.7 Å². The third-order valence-corrected chi connectivity index (χ3v) is 6.38. The van der Waals surface area contributed by atoms with Crippen LogP contribution in [0.4, 0.5) is 20.2 Å². The van der Waals surface area contributed by atoms with E-state index >= 15 is 4.39 Å². The number of carbonyl (C=O) groups is 1. The average Bonchev–Trinajstić information content (AvgIpc) is 3.51. The molecule has 9 nitrogen and oxygen atoms in total. The lowest BCUT2D eigenvalue weighted by molar-refractivity contribution is 0.102. The zero-order valence-corrected chi connectivity index (χ0v) is 19.7. The van der Waals surface area contributed by atoms with Crippen LogP contribution in [0, 0.1) is 11.6 Å². The van der Waals surface area contributed by atoms with Gasteiger partial charge in [0.25, 0.3) is 5.91 Å². The number of nitrogens with zero attached hydrogens (tertiary/aromatic N) is 5. The molecule has 2 N–H and O–H groups in total. The van der Waals surface area contributed by atoms with Crippen molar-refractivity contribution in [2.24, 2.45) is 7.05 Å². The first-order chi connectivity index (χ1) is 17.4. The average molecular weight is 495 g/mol. The summed E-state index contributed by atoms with van der Waals surface area (Å²) in [6.07, 6.45) is 4.50. The molecule has 2 aromatic carbocycles. The Kier molecular flexibility index (Phi) is 6.23. The number of aryl methyl sites for hydroxylation is 1. The van der Waals surface area contributed by atoms with E-state index in [2.05, 4.69) is 20.4 Å². The smallest absolute Gasteiger partial charge is 0.274 e. The third kappa shape index (κ3) is 4.01. The van der Waals surface area contributed by atoms with Crippen molar-refractivity contribution in [3.8, 4) is 17.1 Å². The Labute approximate surface area is 205 Å². The maximum Gasteiger partial charge on any atom is 0.274 e. The fraction of sp³-hybridized carbons (Fsp3) is 0.280. The molecular formula is C25H24F2N6O3. The first kappa shape index (κ1) is 23.6. The third-order valence-electron chi connectivity index (χ3n) is 6.38. The second-order valence-electron chi connectivity index (χ2n) is 8.49. The molecule has 2 aromatic heterocycles. The molecule has 11 heteroatoms. The summed E-state index contributed by atoms with van der Waals surface area (Å²) in [5, 5.41) is 17.4. The highest BCUT2D eigenvalue weighted by Gasteiger charge is 2.30. The highest BCUT2D eigenvalue weighted by molar-refractivity contribution is 6.09. The number of halogens is 2. The molecule has 1 amide bonds. The molecule has 1 saturated heterocycles. The van der Waals surface area contributed by atoms with Crippen molar-refractivity contribution in [2.75, 3.05) is 30.5 Å². The molecular weight excluding hydrogens is 470 g/mol. The summed E-state index contributed by atoms with van der Waals surface area (Å²) in [5.74, 6) is -1.57. The number of ether oxygens (including phenoxy) is 1. The maximum absolute atomic E-state index is 15.1. The van der Waals surface area contributed by atoms with Gasteiger partial charge in [-0.1, -0.05) is 6.07 Å². The molecule has 1 atom stereocenters. The number of hydrogen-bond acceptors (Lipinski definition) is 7. The lowest BCUT2D eigenvalue weighted by atomic mass is 10.1. The van der Waals surface area contributed by atoms with Crippen LogP contribution in [0.2, 0.25) is 0 Å². The number of aliphatic hydroxyl groups excluding tert-OH is 1. The number of benzene rings is 2. The number of carbonyl (C=O) groups excluding carboxylic acids is 1. The summed E-state index contributed by atoms with van der Waals surface area (Å²) in [6.45, 7) is 0.556. The van der Waals surface area contributed by atoms with Gasteiger partial charge in [-0.3, -0.25) is 9.48 Å². The topological polar surface area (TPSA) is 105 Å². The number of fused-ring (bicyclic) bond motifs is 1. The van der Waals surface area contributed by atoms with E-state index in [0.29, 0.717) is 23.1 Å². The number of nitrogens with one attached hydrogen (secondary N) is 1. The highest BCUT2D eigenvalue weighted by atomic mass is 19.1.